The molecule has 0 aliphatic heterocycles. The topological polar surface area (TPSA) is 77.2 Å². The number of hydrogen-bond acceptors (Lipinski definition) is 5. The van der Waals surface area contributed by atoms with E-state index in [0.29, 0.717) is 33.9 Å². The summed E-state index contributed by atoms with van der Waals surface area (Å²) in [6.45, 7) is 0. The van der Waals surface area contributed by atoms with Crippen molar-refractivity contribution >= 4 is 34.8 Å². The van der Waals surface area contributed by atoms with Crippen LogP contribution in [-0.4, -0.2) is 23.2 Å². The number of nitrogens with one attached hydrogen (secondary N) is 1. The van der Waals surface area contributed by atoms with Crippen molar-refractivity contribution in [3.05, 3.63) is 58.4 Å². The van der Waals surface area contributed by atoms with Gasteiger partial charge in [-0.05, 0) is 42.5 Å². The molecule has 0 atom stereocenters. The summed E-state index contributed by atoms with van der Waals surface area (Å²) in [5.74, 6) is 1.39. The quantitative estimate of drug-likeness (QED) is 0.662. The largest absolute Gasteiger partial charge is 0.497 e. The van der Waals surface area contributed by atoms with Gasteiger partial charge in [-0.25, -0.2) is 0 Å². The normalized spacial score (nSPS) is 10.6. The van der Waals surface area contributed by atoms with Gasteiger partial charge in [0.15, 0.2) is 0 Å². The Morgan fingerprint density at radius 1 is 1.15 bits per heavy atom. The van der Waals surface area contributed by atoms with Crippen LogP contribution in [0.3, 0.4) is 0 Å². The molecule has 1 aromatic heterocycles. The number of aromatic nitrogens is 2. The highest BCUT2D eigenvalue weighted by atomic mass is 35.5. The number of ether oxygens (including phenoxy) is 1. The van der Waals surface area contributed by atoms with Crippen molar-refractivity contribution in [2.75, 3.05) is 12.4 Å². The van der Waals surface area contributed by atoms with E-state index in [4.69, 9.17) is 32.5 Å². The third-order valence-electron chi connectivity index (χ3n) is 3.53. The van der Waals surface area contributed by atoms with E-state index in [9.17, 15) is 4.79 Å². The van der Waals surface area contributed by atoms with E-state index in [1.807, 2.05) is 24.3 Å². The van der Waals surface area contributed by atoms with Gasteiger partial charge in [0.2, 0.25) is 17.6 Å². The highest BCUT2D eigenvalue weighted by Gasteiger charge is 2.11. The predicted molar refractivity (Wildman–Crippen MR) is 99.7 cm³/mol. The van der Waals surface area contributed by atoms with Crippen molar-refractivity contribution in [3.8, 4) is 17.1 Å². The number of aryl methyl sites for hydroxylation is 1. The van der Waals surface area contributed by atoms with E-state index in [1.165, 1.54) is 0 Å². The molecule has 2 aromatic carbocycles. The smallest absolute Gasteiger partial charge is 0.227 e. The SMILES string of the molecule is COc1ccc(-c2noc(CCC(=O)Nc3cc(Cl)cc(Cl)c3)n2)cc1. The Balaban J connectivity index is 1.57. The second-order valence-corrected chi connectivity index (χ2v) is 6.32. The molecule has 0 spiro atoms. The fourth-order valence-electron chi connectivity index (χ4n) is 2.28. The third kappa shape index (κ3) is 4.74. The monoisotopic (exact) mass is 391 g/mol. The van der Waals surface area contributed by atoms with Gasteiger partial charge >= 0.3 is 0 Å². The van der Waals surface area contributed by atoms with E-state index < -0.39 is 0 Å². The van der Waals surface area contributed by atoms with Crippen molar-refractivity contribution in [3.63, 3.8) is 0 Å². The van der Waals surface area contributed by atoms with E-state index in [-0.39, 0.29) is 12.3 Å². The summed E-state index contributed by atoms with van der Waals surface area (Å²) in [7, 11) is 1.60. The molecule has 1 heterocycles. The maximum Gasteiger partial charge on any atom is 0.227 e. The second-order valence-electron chi connectivity index (χ2n) is 5.45. The average Bonchev–Trinajstić information content (AvgIpc) is 3.08. The van der Waals surface area contributed by atoms with Crippen LogP contribution in [0, 0.1) is 0 Å². The molecule has 0 fully saturated rings. The Morgan fingerprint density at radius 2 is 1.85 bits per heavy atom. The molecule has 3 rings (SSSR count). The molecule has 0 saturated heterocycles. The summed E-state index contributed by atoms with van der Waals surface area (Å²) in [6.07, 6.45) is 0.512. The number of halogens is 2. The lowest BCUT2D eigenvalue weighted by molar-refractivity contribution is -0.116. The third-order valence-corrected chi connectivity index (χ3v) is 3.96. The lowest BCUT2D eigenvalue weighted by atomic mass is 10.2. The van der Waals surface area contributed by atoms with Crippen LogP contribution < -0.4 is 10.1 Å². The van der Waals surface area contributed by atoms with E-state index in [1.54, 1.807) is 25.3 Å². The molecular formula is C18H15Cl2N3O3. The number of rotatable bonds is 6. The van der Waals surface area contributed by atoms with Crippen LogP contribution in [0.25, 0.3) is 11.4 Å². The van der Waals surface area contributed by atoms with Gasteiger partial charge in [-0.3, -0.25) is 4.79 Å². The molecule has 0 radical (unpaired) electrons. The van der Waals surface area contributed by atoms with Gasteiger partial charge < -0.3 is 14.6 Å². The Kier molecular flexibility index (Phi) is 5.75. The van der Waals surface area contributed by atoms with Crippen molar-refractivity contribution < 1.29 is 14.1 Å². The summed E-state index contributed by atoms with van der Waals surface area (Å²) >= 11 is 11.8. The number of carbonyl (C=O) groups is 1. The zero-order chi connectivity index (χ0) is 18.5. The van der Waals surface area contributed by atoms with Crippen LogP contribution in [0.2, 0.25) is 10.0 Å². The summed E-state index contributed by atoms with van der Waals surface area (Å²) in [5, 5.41) is 7.57. The van der Waals surface area contributed by atoms with Crippen molar-refractivity contribution in [1.29, 1.82) is 0 Å². The van der Waals surface area contributed by atoms with E-state index in [2.05, 4.69) is 15.5 Å². The molecule has 3 aromatic rings. The van der Waals surface area contributed by atoms with Gasteiger partial charge in [-0.1, -0.05) is 28.4 Å². The number of benzene rings is 2. The summed E-state index contributed by atoms with van der Waals surface area (Å²) in [5.41, 5.74) is 1.34. The van der Waals surface area contributed by atoms with Crippen LogP contribution in [-0.2, 0) is 11.2 Å². The Hall–Kier alpha value is -2.57. The molecule has 26 heavy (non-hydrogen) atoms. The molecule has 0 aliphatic carbocycles. The maximum absolute atomic E-state index is 12.1. The number of hydrogen-bond donors (Lipinski definition) is 1. The van der Waals surface area contributed by atoms with Crippen LogP contribution in [0.4, 0.5) is 5.69 Å². The van der Waals surface area contributed by atoms with Gasteiger partial charge in [-0.2, -0.15) is 4.98 Å². The predicted octanol–water partition coefficient (Wildman–Crippen LogP) is 4.62. The van der Waals surface area contributed by atoms with Gasteiger partial charge in [-0.15, -0.1) is 0 Å². The number of nitrogens with zero attached hydrogens (tertiary/aromatic N) is 2. The number of carbonyl (C=O) groups excluding carboxylic acids is 1. The molecular weight excluding hydrogens is 377 g/mol. The van der Waals surface area contributed by atoms with Crippen molar-refractivity contribution in [2.45, 2.75) is 12.8 Å². The Morgan fingerprint density at radius 3 is 2.50 bits per heavy atom. The van der Waals surface area contributed by atoms with Gasteiger partial charge in [0.05, 0.1) is 7.11 Å². The zero-order valence-corrected chi connectivity index (χ0v) is 15.3. The van der Waals surface area contributed by atoms with Gasteiger partial charge in [0.1, 0.15) is 5.75 Å². The fraction of sp³-hybridized carbons (Fsp3) is 0.167. The van der Waals surface area contributed by atoms with Gasteiger partial charge in [0, 0.05) is 34.1 Å². The first-order valence-electron chi connectivity index (χ1n) is 7.76. The van der Waals surface area contributed by atoms with E-state index >= 15 is 0 Å². The Labute approximate surface area is 160 Å². The molecule has 8 heteroatoms. The summed E-state index contributed by atoms with van der Waals surface area (Å²) in [6, 6.07) is 12.1. The molecule has 134 valence electrons. The zero-order valence-electron chi connectivity index (χ0n) is 13.8. The van der Waals surface area contributed by atoms with Crippen LogP contribution in [0.15, 0.2) is 47.0 Å². The molecule has 1 N–H and O–H groups in total. The second kappa shape index (κ2) is 8.21. The molecule has 0 aliphatic rings. The molecule has 6 nitrogen and oxygen atoms in total. The lowest BCUT2D eigenvalue weighted by Crippen LogP contribution is -2.12. The number of methoxy groups -OCH3 is 1. The molecule has 1 amide bonds. The minimum absolute atomic E-state index is 0.189. The van der Waals surface area contributed by atoms with Crippen LogP contribution >= 0.6 is 23.2 Å². The number of anilines is 1. The van der Waals surface area contributed by atoms with Crippen molar-refractivity contribution in [2.24, 2.45) is 0 Å². The fourth-order valence-corrected chi connectivity index (χ4v) is 2.81. The maximum atomic E-state index is 12.1. The lowest BCUT2D eigenvalue weighted by Gasteiger charge is -2.05. The minimum Gasteiger partial charge on any atom is -0.497 e. The first-order valence-corrected chi connectivity index (χ1v) is 8.52. The molecule has 0 bridgehead atoms. The minimum atomic E-state index is -0.201. The molecule has 0 unspecified atom stereocenters. The average molecular weight is 392 g/mol. The summed E-state index contributed by atoms with van der Waals surface area (Å²) in [4.78, 5) is 16.4. The highest BCUT2D eigenvalue weighted by molar-refractivity contribution is 6.35. The first kappa shape index (κ1) is 18.2. The van der Waals surface area contributed by atoms with Crippen LogP contribution in [0.5, 0.6) is 5.75 Å². The van der Waals surface area contributed by atoms with Crippen LogP contribution in [0.1, 0.15) is 12.3 Å². The highest BCUT2D eigenvalue weighted by Crippen LogP contribution is 2.23. The van der Waals surface area contributed by atoms with Gasteiger partial charge in [0.25, 0.3) is 0 Å². The molecule has 0 saturated carbocycles. The summed E-state index contributed by atoms with van der Waals surface area (Å²) < 4.78 is 10.3. The van der Waals surface area contributed by atoms with Crippen molar-refractivity contribution in [1.82, 2.24) is 10.1 Å². The first-order chi connectivity index (χ1) is 12.5. The standard InChI is InChI=1S/C18H15Cl2N3O3/c1-25-15-4-2-11(3-5-15)18-22-17(26-23-18)7-6-16(24)21-14-9-12(19)8-13(20)10-14/h2-5,8-10H,6-7H2,1H3,(H,21,24). The Bertz CT molecular complexity index is 890. The number of amides is 1. The van der Waals surface area contributed by atoms with E-state index in [0.717, 1.165) is 11.3 Å².